The van der Waals surface area contributed by atoms with Gasteiger partial charge in [0, 0.05) is 31.5 Å². The van der Waals surface area contributed by atoms with Crippen LogP contribution in [0.3, 0.4) is 0 Å². The zero-order chi connectivity index (χ0) is 22.6. The van der Waals surface area contributed by atoms with Gasteiger partial charge in [-0.1, -0.05) is 44.2 Å². The molecule has 1 aromatic rings. The Kier molecular flexibility index (Phi) is 7.63. The molecule has 2 saturated heterocycles. The minimum atomic E-state index is -0.496. The second-order valence-corrected chi connectivity index (χ2v) is 10.3. The molecule has 2 fully saturated rings. The van der Waals surface area contributed by atoms with Gasteiger partial charge in [0.1, 0.15) is 5.60 Å². The molecule has 2 amide bonds. The van der Waals surface area contributed by atoms with Gasteiger partial charge in [0.2, 0.25) is 5.91 Å². The van der Waals surface area contributed by atoms with Crippen LogP contribution in [0.4, 0.5) is 4.79 Å². The molecule has 31 heavy (non-hydrogen) atoms. The normalized spacial score (nSPS) is 20.6. The third-order valence-electron chi connectivity index (χ3n) is 6.60. The third kappa shape index (κ3) is 6.45. The minimum absolute atomic E-state index is 0.0696. The van der Waals surface area contributed by atoms with Gasteiger partial charge in [-0.2, -0.15) is 0 Å². The highest BCUT2D eigenvalue weighted by atomic mass is 16.6. The van der Waals surface area contributed by atoms with Crippen LogP contribution in [0.2, 0.25) is 0 Å². The molecule has 2 heterocycles. The number of carbonyl (C=O) groups excluding carboxylic acids is 2. The number of amides is 2. The van der Waals surface area contributed by atoms with E-state index < -0.39 is 5.60 Å². The maximum atomic E-state index is 12.9. The summed E-state index contributed by atoms with van der Waals surface area (Å²) in [7, 11) is 0. The maximum absolute atomic E-state index is 12.9. The van der Waals surface area contributed by atoms with Crippen molar-refractivity contribution in [3.63, 3.8) is 0 Å². The van der Waals surface area contributed by atoms with Gasteiger partial charge in [-0.15, -0.1) is 0 Å². The highest BCUT2D eigenvalue weighted by Crippen LogP contribution is 2.28. The number of piperidine rings is 1. The van der Waals surface area contributed by atoms with Crippen LogP contribution < -0.4 is 5.32 Å². The Bertz CT molecular complexity index is 732. The van der Waals surface area contributed by atoms with Crippen molar-refractivity contribution in [2.24, 2.45) is 17.8 Å². The predicted octanol–water partition coefficient (Wildman–Crippen LogP) is 4.08. The van der Waals surface area contributed by atoms with Crippen LogP contribution in [-0.4, -0.2) is 60.1 Å². The number of nitrogens with zero attached hydrogens (tertiary/aromatic N) is 2. The van der Waals surface area contributed by atoms with Crippen molar-refractivity contribution in [3.05, 3.63) is 35.9 Å². The number of rotatable bonds is 6. The molecule has 0 unspecified atom stereocenters. The Morgan fingerprint density at radius 3 is 2.32 bits per heavy atom. The SMILES string of the molecule is CC1CCN([C@H](CNC(=O)[C@@H](C)C2CN(C(=O)OC(C)(C)C)C2)c2ccccc2)CC1. The predicted molar refractivity (Wildman–Crippen MR) is 123 cm³/mol. The van der Waals surface area contributed by atoms with Crippen molar-refractivity contribution < 1.29 is 14.3 Å². The largest absolute Gasteiger partial charge is 0.444 e. The van der Waals surface area contributed by atoms with E-state index in [2.05, 4.69) is 41.4 Å². The van der Waals surface area contributed by atoms with E-state index in [9.17, 15) is 9.59 Å². The number of hydrogen-bond donors (Lipinski definition) is 1. The highest BCUT2D eigenvalue weighted by molar-refractivity contribution is 5.79. The molecule has 172 valence electrons. The molecule has 0 spiro atoms. The van der Waals surface area contributed by atoms with Crippen LogP contribution in [0.15, 0.2) is 30.3 Å². The molecule has 1 aromatic carbocycles. The molecule has 1 N–H and O–H groups in total. The van der Waals surface area contributed by atoms with Gasteiger partial charge in [0.05, 0.1) is 6.04 Å². The first kappa shape index (κ1) is 23.6. The molecule has 2 aliphatic rings. The summed E-state index contributed by atoms with van der Waals surface area (Å²) in [5.41, 5.74) is 0.758. The van der Waals surface area contributed by atoms with Crippen molar-refractivity contribution in [1.29, 1.82) is 0 Å². The quantitative estimate of drug-likeness (QED) is 0.740. The van der Waals surface area contributed by atoms with Gasteiger partial charge < -0.3 is 15.0 Å². The Balaban J connectivity index is 1.52. The second kappa shape index (κ2) is 10.0. The fourth-order valence-electron chi connectivity index (χ4n) is 4.35. The van der Waals surface area contributed by atoms with E-state index in [0.717, 1.165) is 19.0 Å². The van der Waals surface area contributed by atoms with Crippen LogP contribution >= 0.6 is 0 Å². The first-order chi connectivity index (χ1) is 14.6. The third-order valence-corrected chi connectivity index (χ3v) is 6.60. The van der Waals surface area contributed by atoms with Gasteiger partial charge in [-0.05, 0) is 58.2 Å². The van der Waals surface area contributed by atoms with E-state index in [1.165, 1.54) is 18.4 Å². The second-order valence-electron chi connectivity index (χ2n) is 10.3. The summed E-state index contributed by atoms with van der Waals surface area (Å²) in [5, 5.41) is 3.21. The van der Waals surface area contributed by atoms with Crippen molar-refractivity contribution in [3.8, 4) is 0 Å². The molecule has 0 bridgehead atoms. The molecule has 0 aliphatic carbocycles. The lowest BCUT2D eigenvalue weighted by Gasteiger charge is -2.42. The number of likely N-dealkylation sites (tertiary alicyclic amines) is 2. The number of benzene rings is 1. The van der Waals surface area contributed by atoms with Crippen LogP contribution in [0, 0.1) is 17.8 Å². The number of hydrogen-bond acceptors (Lipinski definition) is 4. The zero-order valence-electron chi connectivity index (χ0n) is 19.8. The zero-order valence-corrected chi connectivity index (χ0v) is 19.8. The molecular formula is C25H39N3O3. The summed E-state index contributed by atoms with van der Waals surface area (Å²) in [4.78, 5) is 29.2. The summed E-state index contributed by atoms with van der Waals surface area (Å²) in [6.07, 6.45) is 2.12. The van der Waals surface area contributed by atoms with Gasteiger partial charge in [0.15, 0.2) is 0 Å². The van der Waals surface area contributed by atoms with Crippen LogP contribution in [0.1, 0.15) is 59.1 Å². The monoisotopic (exact) mass is 429 g/mol. The molecule has 0 aromatic heterocycles. The van der Waals surface area contributed by atoms with E-state index >= 15 is 0 Å². The number of ether oxygens (including phenoxy) is 1. The number of carbonyl (C=O) groups is 2. The smallest absolute Gasteiger partial charge is 0.410 e. The van der Waals surface area contributed by atoms with E-state index in [1.54, 1.807) is 4.90 Å². The standard InChI is InChI=1S/C25H39N3O3/c1-18-11-13-27(14-12-18)22(20-9-7-6-8-10-20)15-26-23(29)19(2)21-16-28(17-21)24(30)31-25(3,4)5/h6-10,18-19,21-22H,11-17H2,1-5H3,(H,26,29)/t19-,22+/m0/s1. The van der Waals surface area contributed by atoms with Crippen LogP contribution in [0.5, 0.6) is 0 Å². The summed E-state index contributed by atoms with van der Waals surface area (Å²) >= 11 is 0. The van der Waals surface area contributed by atoms with Crippen LogP contribution in [0.25, 0.3) is 0 Å². The molecule has 3 rings (SSSR count). The lowest BCUT2D eigenvalue weighted by Crippen LogP contribution is -2.56. The summed E-state index contributed by atoms with van der Waals surface area (Å²) in [5.74, 6) is 0.893. The highest BCUT2D eigenvalue weighted by Gasteiger charge is 2.39. The fourth-order valence-corrected chi connectivity index (χ4v) is 4.35. The molecular weight excluding hydrogens is 390 g/mol. The average Bonchev–Trinajstić information content (AvgIpc) is 2.67. The summed E-state index contributed by atoms with van der Waals surface area (Å²) in [6, 6.07) is 10.7. The Labute approximate surface area is 187 Å². The Morgan fingerprint density at radius 2 is 1.74 bits per heavy atom. The van der Waals surface area contributed by atoms with Gasteiger partial charge in [-0.3, -0.25) is 9.69 Å². The van der Waals surface area contributed by atoms with E-state index in [1.807, 2.05) is 33.8 Å². The van der Waals surface area contributed by atoms with Gasteiger partial charge in [0.25, 0.3) is 0 Å². The lowest BCUT2D eigenvalue weighted by atomic mass is 9.86. The van der Waals surface area contributed by atoms with Crippen molar-refractivity contribution in [2.75, 3.05) is 32.7 Å². The first-order valence-electron chi connectivity index (χ1n) is 11.7. The van der Waals surface area contributed by atoms with Gasteiger partial charge in [-0.25, -0.2) is 4.79 Å². The molecule has 0 saturated carbocycles. The van der Waals surface area contributed by atoms with Crippen LogP contribution in [-0.2, 0) is 9.53 Å². The summed E-state index contributed by atoms with van der Waals surface area (Å²) in [6.45, 7) is 13.8. The van der Waals surface area contributed by atoms with Crippen molar-refractivity contribution in [1.82, 2.24) is 15.1 Å². The van der Waals surface area contributed by atoms with E-state index in [-0.39, 0.29) is 29.9 Å². The lowest BCUT2D eigenvalue weighted by molar-refractivity contribution is -0.128. The molecule has 6 nitrogen and oxygen atoms in total. The Morgan fingerprint density at radius 1 is 1.13 bits per heavy atom. The fraction of sp³-hybridized carbons (Fsp3) is 0.680. The number of nitrogens with one attached hydrogen (secondary N) is 1. The van der Waals surface area contributed by atoms with E-state index in [4.69, 9.17) is 4.74 Å². The van der Waals surface area contributed by atoms with E-state index in [0.29, 0.717) is 19.6 Å². The van der Waals surface area contributed by atoms with Crippen molar-refractivity contribution >= 4 is 12.0 Å². The van der Waals surface area contributed by atoms with Crippen molar-refractivity contribution in [2.45, 2.75) is 59.1 Å². The first-order valence-corrected chi connectivity index (χ1v) is 11.7. The topological polar surface area (TPSA) is 61.9 Å². The summed E-state index contributed by atoms with van der Waals surface area (Å²) < 4.78 is 5.41. The molecule has 0 radical (unpaired) electrons. The van der Waals surface area contributed by atoms with Gasteiger partial charge >= 0.3 is 6.09 Å². The average molecular weight is 430 g/mol. The minimum Gasteiger partial charge on any atom is -0.444 e. The Hall–Kier alpha value is -2.08. The maximum Gasteiger partial charge on any atom is 0.410 e. The molecule has 2 atom stereocenters. The molecule has 6 heteroatoms. The molecule has 2 aliphatic heterocycles.